The van der Waals surface area contributed by atoms with E-state index in [0.717, 1.165) is 12.0 Å². The monoisotopic (exact) mass is 293 g/mol. The van der Waals surface area contributed by atoms with Crippen molar-refractivity contribution in [3.8, 4) is 0 Å². The number of rotatable bonds is 7. The summed E-state index contributed by atoms with van der Waals surface area (Å²) in [6.45, 7) is 8.21. The summed E-state index contributed by atoms with van der Waals surface area (Å²) in [6.07, 6.45) is 0.321. The van der Waals surface area contributed by atoms with E-state index >= 15 is 0 Å². The maximum absolute atomic E-state index is 12.0. The van der Waals surface area contributed by atoms with Crippen molar-refractivity contribution in [2.75, 3.05) is 11.9 Å². The van der Waals surface area contributed by atoms with E-state index in [-0.39, 0.29) is 11.5 Å². The fourth-order valence-corrected chi connectivity index (χ4v) is 1.68. The summed E-state index contributed by atoms with van der Waals surface area (Å²) >= 11 is 0. The molecule has 1 unspecified atom stereocenters. The van der Waals surface area contributed by atoms with E-state index in [1.54, 1.807) is 13.0 Å². The highest BCUT2D eigenvalue weighted by molar-refractivity contribution is 5.96. The van der Waals surface area contributed by atoms with Gasteiger partial charge in [-0.2, -0.15) is 0 Å². The highest BCUT2D eigenvalue weighted by Crippen LogP contribution is 2.17. The average molecular weight is 293 g/mol. The number of carboxylic acid groups (broad SMARTS) is 1. The van der Waals surface area contributed by atoms with E-state index in [2.05, 4.69) is 19.2 Å². The summed E-state index contributed by atoms with van der Waals surface area (Å²) < 4.78 is 5.48. The van der Waals surface area contributed by atoms with Crippen LogP contribution in [0.25, 0.3) is 0 Å². The number of benzene rings is 1. The van der Waals surface area contributed by atoms with E-state index in [1.165, 1.54) is 12.1 Å². The second-order valence-corrected chi connectivity index (χ2v) is 5.52. The van der Waals surface area contributed by atoms with E-state index in [0.29, 0.717) is 18.2 Å². The first kappa shape index (κ1) is 17.2. The third-order valence-electron chi connectivity index (χ3n) is 3.17. The molecule has 1 rings (SSSR count). The van der Waals surface area contributed by atoms with Gasteiger partial charge in [0, 0.05) is 12.3 Å². The third-order valence-corrected chi connectivity index (χ3v) is 3.17. The number of amides is 1. The SMILES string of the molecule is Cc1ccc(C(=O)O)cc1NC(=O)C(C)OCCC(C)C. The minimum Gasteiger partial charge on any atom is -0.478 e. The molecule has 0 aromatic heterocycles. The molecule has 5 nitrogen and oxygen atoms in total. The summed E-state index contributed by atoms with van der Waals surface area (Å²) in [5, 5.41) is 11.7. The molecule has 21 heavy (non-hydrogen) atoms. The van der Waals surface area contributed by atoms with Crippen LogP contribution in [0.1, 0.15) is 43.1 Å². The molecule has 0 heterocycles. The lowest BCUT2D eigenvalue weighted by Gasteiger charge is -2.15. The number of hydrogen-bond acceptors (Lipinski definition) is 3. The Morgan fingerprint density at radius 2 is 1.95 bits per heavy atom. The summed E-state index contributed by atoms with van der Waals surface area (Å²) in [6, 6.07) is 4.63. The van der Waals surface area contributed by atoms with Crippen LogP contribution in [0.3, 0.4) is 0 Å². The molecule has 0 radical (unpaired) electrons. The first-order valence-electron chi connectivity index (χ1n) is 7.07. The number of carbonyl (C=O) groups is 2. The van der Waals surface area contributed by atoms with Crippen LogP contribution in [0.15, 0.2) is 18.2 Å². The van der Waals surface area contributed by atoms with Gasteiger partial charge in [-0.3, -0.25) is 4.79 Å². The molecule has 1 aromatic carbocycles. The maximum Gasteiger partial charge on any atom is 0.335 e. The zero-order valence-electron chi connectivity index (χ0n) is 13.0. The van der Waals surface area contributed by atoms with Gasteiger partial charge in [-0.15, -0.1) is 0 Å². The second kappa shape index (κ2) is 7.78. The number of aromatic carboxylic acids is 1. The van der Waals surface area contributed by atoms with Gasteiger partial charge in [0.15, 0.2) is 0 Å². The molecule has 0 aliphatic carbocycles. The molecule has 116 valence electrons. The molecule has 1 aromatic rings. The minimum atomic E-state index is -1.02. The Labute approximate surface area is 125 Å². The van der Waals surface area contributed by atoms with Crippen LogP contribution in [0.2, 0.25) is 0 Å². The van der Waals surface area contributed by atoms with Gasteiger partial charge in [-0.05, 0) is 43.9 Å². The summed E-state index contributed by atoms with van der Waals surface area (Å²) in [7, 11) is 0. The van der Waals surface area contributed by atoms with Gasteiger partial charge in [0.1, 0.15) is 6.10 Å². The Morgan fingerprint density at radius 3 is 2.52 bits per heavy atom. The third kappa shape index (κ3) is 5.55. The molecule has 2 N–H and O–H groups in total. The quantitative estimate of drug-likeness (QED) is 0.810. The number of carboxylic acids is 1. The van der Waals surface area contributed by atoms with Gasteiger partial charge in [-0.25, -0.2) is 4.79 Å². The van der Waals surface area contributed by atoms with Crippen molar-refractivity contribution in [3.05, 3.63) is 29.3 Å². The van der Waals surface area contributed by atoms with Gasteiger partial charge in [0.05, 0.1) is 5.56 Å². The van der Waals surface area contributed by atoms with Gasteiger partial charge in [0.2, 0.25) is 0 Å². The molecule has 1 amide bonds. The van der Waals surface area contributed by atoms with Crippen molar-refractivity contribution in [1.82, 2.24) is 0 Å². The van der Waals surface area contributed by atoms with Crippen LogP contribution >= 0.6 is 0 Å². The maximum atomic E-state index is 12.0. The Bertz CT molecular complexity index is 511. The van der Waals surface area contributed by atoms with Crippen molar-refractivity contribution in [1.29, 1.82) is 0 Å². The number of nitrogens with one attached hydrogen (secondary N) is 1. The molecule has 0 aliphatic rings. The number of carbonyl (C=O) groups excluding carboxylic acids is 1. The molecule has 0 bridgehead atoms. The molecular formula is C16H23NO4. The summed E-state index contributed by atoms with van der Waals surface area (Å²) in [4.78, 5) is 23.0. The van der Waals surface area contributed by atoms with E-state index in [1.807, 2.05) is 6.92 Å². The lowest BCUT2D eigenvalue weighted by atomic mass is 10.1. The topological polar surface area (TPSA) is 75.6 Å². The largest absolute Gasteiger partial charge is 0.478 e. The standard InChI is InChI=1S/C16H23NO4/c1-10(2)7-8-21-12(4)15(18)17-14-9-13(16(19)20)6-5-11(14)3/h5-6,9-10,12H,7-8H2,1-4H3,(H,17,18)(H,19,20). The first-order valence-corrected chi connectivity index (χ1v) is 7.07. The van der Waals surface area contributed by atoms with Crippen molar-refractivity contribution in [2.45, 2.75) is 40.2 Å². The first-order chi connectivity index (χ1) is 9.81. The second-order valence-electron chi connectivity index (χ2n) is 5.52. The number of ether oxygens (including phenoxy) is 1. The zero-order valence-corrected chi connectivity index (χ0v) is 13.0. The van der Waals surface area contributed by atoms with Crippen molar-refractivity contribution < 1.29 is 19.4 Å². The van der Waals surface area contributed by atoms with Crippen LogP contribution in [0.5, 0.6) is 0 Å². The molecule has 0 saturated heterocycles. The smallest absolute Gasteiger partial charge is 0.335 e. The molecule has 0 fully saturated rings. The molecule has 0 aliphatic heterocycles. The molecule has 5 heteroatoms. The highest BCUT2D eigenvalue weighted by atomic mass is 16.5. The van der Waals surface area contributed by atoms with Gasteiger partial charge in [0.25, 0.3) is 5.91 Å². The minimum absolute atomic E-state index is 0.143. The van der Waals surface area contributed by atoms with Crippen LogP contribution < -0.4 is 5.32 Å². The van der Waals surface area contributed by atoms with E-state index in [9.17, 15) is 9.59 Å². The molecule has 0 spiro atoms. The van der Waals surface area contributed by atoms with Gasteiger partial charge in [-0.1, -0.05) is 19.9 Å². The Hall–Kier alpha value is -1.88. The Balaban J connectivity index is 2.65. The van der Waals surface area contributed by atoms with Gasteiger partial charge < -0.3 is 15.2 Å². The number of anilines is 1. The average Bonchev–Trinajstić information content (AvgIpc) is 2.40. The Morgan fingerprint density at radius 1 is 1.29 bits per heavy atom. The lowest BCUT2D eigenvalue weighted by molar-refractivity contribution is -0.126. The summed E-state index contributed by atoms with van der Waals surface area (Å²) in [5.74, 6) is -0.772. The van der Waals surface area contributed by atoms with Crippen LogP contribution in [-0.2, 0) is 9.53 Å². The highest BCUT2D eigenvalue weighted by Gasteiger charge is 2.15. The fourth-order valence-electron chi connectivity index (χ4n) is 1.68. The zero-order chi connectivity index (χ0) is 16.0. The van der Waals surface area contributed by atoms with Crippen LogP contribution in [-0.4, -0.2) is 29.7 Å². The van der Waals surface area contributed by atoms with Gasteiger partial charge >= 0.3 is 5.97 Å². The predicted molar refractivity (Wildman–Crippen MR) is 81.6 cm³/mol. The van der Waals surface area contributed by atoms with Crippen molar-refractivity contribution in [2.24, 2.45) is 5.92 Å². The molecule has 0 saturated carbocycles. The number of hydrogen-bond donors (Lipinski definition) is 2. The van der Waals surface area contributed by atoms with Crippen LogP contribution in [0, 0.1) is 12.8 Å². The molecular weight excluding hydrogens is 270 g/mol. The van der Waals surface area contributed by atoms with Crippen molar-refractivity contribution >= 4 is 17.6 Å². The van der Waals surface area contributed by atoms with Crippen LogP contribution in [0.4, 0.5) is 5.69 Å². The summed E-state index contributed by atoms with van der Waals surface area (Å²) in [5.41, 5.74) is 1.45. The van der Waals surface area contributed by atoms with Crippen molar-refractivity contribution in [3.63, 3.8) is 0 Å². The van der Waals surface area contributed by atoms with E-state index < -0.39 is 12.1 Å². The fraction of sp³-hybridized carbons (Fsp3) is 0.500. The normalized spacial score (nSPS) is 12.2. The predicted octanol–water partition coefficient (Wildman–Crippen LogP) is 3.08. The lowest BCUT2D eigenvalue weighted by Crippen LogP contribution is -2.28. The van der Waals surface area contributed by atoms with E-state index in [4.69, 9.17) is 9.84 Å². The Kier molecular flexibility index (Phi) is 6.37. The molecule has 1 atom stereocenters. The number of aryl methyl sites for hydroxylation is 1.